The van der Waals surface area contributed by atoms with E-state index in [0.29, 0.717) is 46.8 Å². The van der Waals surface area contributed by atoms with Gasteiger partial charge in [0.15, 0.2) is 11.5 Å². The van der Waals surface area contributed by atoms with E-state index in [0.717, 1.165) is 42.0 Å². The van der Waals surface area contributed by atoms with E-state index >= 15 is 0 Å². The highest BCUT2D eigenvalue weighted by molar-refractivity contribution is 7.20. The van der Waals surface area contributed by atoms with Crippen LogP contribution in [0.1, 0.15) is 45.5 Å². The van der Waals surface area contributed by atoms with Crippen LogP contribution in [0.2, 0.25) is 0 Å². The van der Waals surface area contributed by atoms with Gasteiger partial charge in [0.25, 0.3) is 11.8 Å². The van der Waals surface area contributed by atoms with E-state index in [-0.39, 0.29) is 5.69 Å². The minimum Gasteiger partial charge on any atom is -0.486 e. The van der Waals surface area contributed by atoms with Crippen LogP contribution in [0.4, 0.5) is 15.8 Å². The van der Waals surface area contributed by atoms with Crippen LogP contribution in [0.3, 0.4) is 0 Å². The summed E-state index contributed by atoms with van der Waals surface area (Å²) in [5.74, 6) is 0.268. The van der Waals surface area contributed by atoms with E-state index in [2.05, 4.69) is 22.5 Å². The summed E-state index contributed by atoms with van der Waals surface area (Å²) in [5.41, 5.74) is 1.72. The Labute approximate surface area is 241 Å². The summed E-state index contributed by atoms with van der Waals surface area (Å²) in [4.78, 5) is 34.4. The van der Waals surface area contributed by atoms with Crippen molar-refractivity contribution in [1.29, 1.82) is 0 Å². The van der Waals surface area contributed by atoms with Gasteiger partial charge in [-0.15, -0.1) is 11.3 Å². The summed E-state index contributed by atoms with van der Waals surface area (Å²) in [7, 11) is 0. The first-order valence-corrected chi connectivity index (χ1v) is 14.7. The number of ether oxygens (including phenoxy) is 2. The van der Waals surface area contributed by atoms with Gasteiger partial charge in [-0.2, -0.15) is 0 Å². The highest BCUT2D eigenvalue weighted by Gasteiger charge is 2.20. The fourth-order valence-corrected chi connectivity index (χ4v) is 6.20. The number of nitrogens with one attached hydrogen (secondary N) is 2. The van der Waals surface area contributed by atoms with Crippen molar-refractivity contribution in [3.05, 3.63) is 76.5 Å². The van der Waals surface area contributed by atoms with Crippen molar-refractivity contribution in [3.8, 4) is 11.5 Å². The predicted molar refractivity (Wildman–Crippen MR) is 158 cm³/mol. The molecule has 2 aromatic carbocycles. The third-order valence-corrected chi connectivity index (χ3v) is 8.64. The molecule has 2 aliphatic heterocycles. The second-order valence-corrected chi connectivity index (χ2v) is 11.4. The van der Waals surface area contributed by atoms with Gasteiger partial charge in [-0.25, -0.2) is 9.37 Å². The molecule has 2 aromatic heterocycles. The van der Waals surface area contributed by atoms with Crippen LogP contribution in [0.15, 0.2) is 54.6 Å². The van der Waals surface area contributed by atoms with Crippen molar-refractivity contribution in [2.45, 2.75) is 26.2 Å². The first-order valence-electron chi connectivity index (χ1n) is 13.9. The number of nitrogens with zero attached hydrogens (tertiary/aromatic N) is 2. The Morgan fingerprint density at radius 1 is 0.976 bits per heavy atom. The number of likely N-dealkylation sites (tertiary alicyclic amines) is 1. The molecule has 0 radical (unpaired) electrons. The van der Waals surface area contributed by atoms with Gasteiger partial charge >= 0.3 is 0 Å². The quantitative estimate of drug-likeness (QED) is 0.282. The summed E-state index contributed by atoms with van der Waals surface area (Å²) in [5, 5.41) is 6.28. The number of halogens is 1. The zero-order valence-corrected chi connectivity index (χ0v) is 23.6. The smallest absolute Gasteiger partial charge is 0.265 e. The van der Waals surface area contributed by atoms with Gasteiger partial charge in [-0.1, -0.05) is 13.0 Å². The molecule has 41 heavy (non-hydrogen) atoms. The first kappa shape index (κ1) is 27.2. The van der Waals surface area contributed by atoms with Crippen molar-refractivity contribution in [1.82, 2.24) is 9.88 Å². The number of benzene rings is 2. The fourth-order valence-electron chi connectivity index (χ4n) is 5.25. The molecule has 2 aliphatic rings. The van der Waals surface area contributed by atoms with Gasteiger partial charge in [0.2, 0.25) is 0 Å². The highest BCUT2D eigenvalue weighted by Crippen LogP contribution is 2.32. The summed E-state index contributed by atoms with van der Waals surface area (Å²) in [6.45, 7) is 6.43. The lowest BCUT2D eigenvalue weighted by Gasteiger charge is -2.30. The standard InChI is InChI=1S/C31H31FN4O4S/c1-2-36-11-9-19(10-12-36)15-22-5-3-21-17-28(41-31(21)34-22)30(38)35-25-18-23(6-7-24(25)32)33-29(37)20-4-8-26-27(16-20)40-14-13-39-26/h3-8,16-19H,2,9-15H2,1H3,(H,33,37)(H,35,38). The van der Waals surface area contributed by atoms with Crippen molar-refractivity contribution in [2.75, 3.05) is 43.5 Å². The third-order valence-electron chi connectivity index (χ3n) is 7.59. The SMILES string of the molecule is CCN1CCC(Cc2ccc3cc(C(=O)Nc4cc(NC(=O)c5ccc6c(c5)OCCO6)ccc4F)sc3n2)CC1. The lowest BCUT2D eigenvalue weighted by Crippen LogP contribution is -2.34. The van der Waals surface area contributed by atoms with Gasteiger partial charge < -0.3 is 25.0 Å². The number of hydrogen-bond acceptors (Lipinski definition) is 7. The van der Waals surface area contributed by atoms with Crippen molar-refractivity contribution >= 4 is 44.7 Å². The molecular formula is C31H31FN4O4S. The van der Waals surface area contributed by atoms with Crippen LogP contribution >= 0.6 is 11.3 Å². The Morgan fingerprint density at radius 3 is 2.59 bits per heavy atom. The summed E-state index contributed by atoms with van der Waals surface area (Å²) in [6, 6.07) is 14.8. The van der Waals surface area contributed by atoms with Gasteiger partial charge in [-0.05, 0) is 93.3 Å². The molecule has 0 aliphatic carbocycles. The highest BCUT2D eigenvalue weighted by atomic mass is 32.1. The van der Waals surface area contributed by atoms with Gasteiger partial charge in [-0.3, -0.25) is 9.59 Å². The van der Waals surface area contributed by atoms with Crippen molar-refractivity contribution < 1.29 is 23.5 Å². The number of anilines is 2. The maximum Gasteiger partial charge on any atom is 0.265 e. The number of carbonyl (C=O) groups is 2. The van der Waals surface area contributed by atoms with E-state index in [4.69, 9.17) is 14.5 Å². The molecule has 0 spiro atoms. The minimum atomic E-state index is -0.605. The van der Waals surface area contributed by atoms with Crippen molar-refractivity contribution in [3.63, 3.8) is 0 Å². The second-order valence-electron chi connectivity index (χ2n) is 10.4. The van der Waals surface area contributed by atoms with E-state index in [1.54, 1.807) is 24.3 Å². The van der Waals surface area contributed by atoms with Crippen molar-refractivity contribution in [2.24, 2.45) is 5.92 Å². The molecule has 2 amide bonds. The molecule has 1 fully saturated rings. The Balaban J connectivity index is 1.12. The first-order chi connectivity index (χ1) is 19.9. The van der Waals surface area contributed by atoms with Crippen LogP contribution in [0.5, 0.6) is 11.5 Å². The number of fused-ring (bicyclic) bond motifs is 2. The lowest BCUT2D eigenvalue weighted by molar-refractivity contribution is 0.102. The predicted octanol–water partition coefficient (Wildman–Crippen LogP) is 5.99. The molecular weight excluding hydrogens is 543 g/mol. The van der Waals surface area contributed by atoms with E-state index in [1.165, 1.54) is 42.4 Å². The summed E-state index contributed by atoms with van der Waals surface area (Å²) in [6.07, 6.45) is 3.28. The molecule has 2 N–H and O–H groups in total. The van der Waals surface area contributed by atoms with Gasteiger partial charge in [0, 0.05) is 22.3 Å². The molecule has 1 saturated heterocycles. The maximum atomic E-state index is 14.7. The van der Waals surface area contributed by atoms with Crippen LogP contribution < -0.4 is 20.1 Å². The topological polar surface area (TPSA) is 92.8 Å². The van der Waals surface area contributed by atoms with E-state index < -0.39 is 17.6 Å². The lowest BCUT2D eigenvalue weighted by atomic mass is 9.92. The monoisotopic (exact) mass is 574 g/mol. The number of rotatable bonds is 7. The Hall–Kier alpha value is -4.02. The zero-order valence-electron chi connectivity index (χ0n) is 22.7. The minimum absolute atomic E-state index is 0.0282. The van der Waals surface area contributed by atoms with Crippen LogP contribution in [0, 0.1) is 11.7 Å². The third kappa shape index (κ3) is 6.18. The average molecular weight is 575 g/mol. The number of hydrogen-bond donors (Lipinski definition) is 2. The molecule has 4 aromatic rings. The molecule has 0 bridgehead atoms. The van der Waals surface area contributed by atoms with Crippen LogP contribution in [0.25, 0.3) is 10.2 Å². The Bertz CT molecular complexity index is 1600. The molecule has 6 rings (SSSR count). The largest absolute Gasteiger partial charge is 0.486 e. The number of amides is 2. The van der Waals surface area contributed by atoms with Crippen LogP contribution in [-0.4, -0.2) is 54.5 Å². The molecule has 8 nitrogen and oxygen atoms in total. The Kier molecular flexibility index (Phi) is 7.84. The Morgan fingerprint density at radius 2 is 1.78 bits per heavy atom. The van der Waals surface area contributed by atoms with E-state index in [9.17, 15) is 14.0 Å². The zero-order chi connectivity index (χ0) is 28.3. The molecule has 0 saturated carbocycles. The number of pyridine rings is 1. The normalized spacial score (nSPS) is 15.6. The molecule has 0 atom stereocenters. The molecule has 10 heteroatoms. The van der Waals surface area contributed by atoms with Gasteiger partial charge in [0.1, 0.15) is 23.9 Å². The molecule has 4 heterocycles. The van der Waals surface area contributed by atoms with E-state index in [1.807, 2.05) is 12.1 Å². The number of aromatic nitrogens is 1. The second kappa shape index (κ2) is 11.8. The number of piperidine rings is 1. The summed E-state index contributed by atoms with van der Waals surface area (Å²) < 4.78 is 25.7. The molecule has 0 unspecified atom stereocenters. The summed E-state index contributed by atoms with van der Waals surface area (Å²) >= 11 is 1.29. The van der Waals surface area contributed by atoms with Crippen LogP contribution in [-0.2, 0) is 6.42 Å². The maximum absolute atomic E-state index is 14.7. The fraction of sp³-hybridized carbons (Fsp3) is 0.323. The van der Waals surface area contributed by atoms with Gasteiger partial charge in [0.05, 0.1) is 10.6 Å². The average Bonchev–Trinajstić information content (AvgIpc) is 3.43. The molecule has 212 valence electrons. The number of thiophene rings is 1. The number of carbonyl (C=O) groups excluding carboxylic acids is 2.